The van der Waals surface area contributed by atoms with Gasteiger partial charge < -0.3 is 18.9 Å². The summed E-state index contributed by atoms with van der Waals surface area (Å²) in [6.07, 6.45) is 0. The molecule has 3 aromatic carbocycles. The lowest BCUT2D eigenvalue weighted by Crippen LogP contribution is -2.14. The van der Waals surface area contributed by atoms with Crippen LogP contribution in [0.25, 0.3) is 0 Å². The van der Waals surface area contributed by atoms with Crippen molar-refractivity contribution in [1.82, 2.24) is 0 Å². The van der Waals surface area contributed by atoms with Crippen LogP contribution in [-0.4, -0.2) is 69.7 Å². The zero-order valence-corrected chi connectivity index (χ0v) is 24.1. The fraction of sp³-hybridized carbons (Fsp3) is 0.357. The fourth-order valence-electron chi connectivity index (χ4n) is 3.22. The number of hydrogen-bond acceptors (Lipinski definition) is 10. The molecule has 0 saturated carbocycles. The normalized spacial score (nSPS) is 11.8. The minimum atomic E-state index is -3.80. The summed E-state index contributed by atoms with van der Waals surface area (Å²) in [5.74, 6) is 1.25. The molecule has 0 aliphatic heterocycles. The lowest BCUT2D eigenvalue weighted by Gasteiger charge is -2.10. The zero-order chi connectivity index (χ0) is 28.8. The maximum atomic E-state index is 12.1. The van der Waals surface area contributed by atoms with E-state index in [0.29, 0.717) is 11.5 Å². The van der Waals surface area contributed by atoms with E-state index >= 15 is 0 Å². The van der Waals surface area contributed by atoms with Crippen molar-refractivity contribution in [2.75, 3.05) is 52.9 Å². The lowest BCUT2D eigenvalue weighted by molar-refractivity contribution is 0.0770. The average Bonchev–Trinajstić information content (AvgIpc) is 2.93. The first-order valence-corrected chi connectivity index (χ1v) is 15.4. The Bertz CT molecular complexity index is 1260. The summed E-state index contributed by atoms with van der Waals surface area (Å²) in [5.41, 5.74) is 1.92. The first-order chi connectivity index (χ1) is 19.2. The molecule has 0 amide bonds. The molecule has 0 aromatic heterocycles. The van der Waals surface area contributed by atoms with Gasteiger partial charge in [-0.05, 0) is 62.4 Å². The third kappa shape index (κ3) is 10.9. The van der Waals surface area contributed by atoms with Crippen LogP contribution in [0.15, 0.2) is 82.6 Å². The molecule has 0 N–H and O–H groups in total. The Hall–Kier alpha value is -3.00. The molecule has 0 bridgehead atoms. The minimum absolute atomic E-state index is 0.0918. The smallest absolute Gasteiger partial charge is 0.297 e. The van der Waals surface area contributed by atoms with E-state index in [2.05, 4.69) is 0 Å². The fourth-order valence-corrected chi connectivity index (χ4v) is 5.01. The third-order valence-corrected chi connectivity index (χ3v) is 8.02. The first-order valence-electron chi connectivity index (χ1n) is 12.6. The largest absolute Gasteiger partial charge is 0.491 e. The van der Waals surface area contributed by atoms with E-state index in [1.165, 1.54) is 24.3 Å². The molecule has 40 heavy (non-hydrogen) atoms. The Kier molecular flexibility index (Phi) is 12.4. The minimum Gasteiger partial charge on any atom is -0.491 e. The van der Waals surface area contributed by atoms with Crippen LogP contribution in [0, 0.1) is 13.8 Å². The maximum absolute atomic E-state index is 12.1. The van der Waals surface area contributed by atoms with E-state index in [0.717, 1.165) is 11.1 Å². The Morgan fingerprint density at radius 1 is 0.450 bits per heavy atom. The van der Waals surface area contributed by atoms with Gasteiger partial charge in [-0.2, -0.15) is 16.8 Å². The molecule has 12 heteroatoms. The molecular formula is C28H34O10S2. The summed E-state index contributed by atoms with van der Waals surface area (Å²) < 4.78 is 80.3. The maximum Gasteiger partial charge on any atom is 0.297 e. The summed E-state index contributed by atoms with van der Waals surface area (Å²) in [6.45, 7) is 4.87. The Morgan fingerprint density at radius 2 is 0.775 bits per heavy atom. The van der Waals surface area contributed by atoms with Crippen molar-refractivity contribution in [2.24, 2.45) is 0 Å². The molecule has 0 saturated heterocycles. The van der Waals surface area contributed by atoms with Crippen molar-refractivity contribution in [3.05, 3.63) is 83.9 Å². The van der Waals surface area contributed by atoms with Crippen molar-refractivity contribution >= 4 is 20.2 Å². The van der Waals surface area contributed by atoms with Crippen molar-refractivity contribution in [1.29, 1.82) is 0 Å². The van der Waals surface area contributed by atoms with E-state index in [9.17, 15) is 16.8 Å². The second-order valence-corrected chi connectivity index (χ2v) is 11.8. The Balaban J connectivity index is 1.21. The Morgan fingerprint density at radius 3 is 1.12 bits per heavy atom. The predicted molar refractivity (Wildman–Crippen MR) is 148 cm³/mol. The van der Waals surface area contributed by atoms with Crippen LogP contribution in [0.5, 0.6) is 11.5 Å². The molecule has 0 atom stereocenters. The summed E-state index contributed by atoms with van der Waals surface area (Å²) in [7, 11) is -7.61. The molecular weight excluding hydrogens is 560 g/mol. The highest BCUT2D eigenvalue weighted by atomic mass is 32.2. The molecule has 0 aliphatic carbocycles. The van der Waals surface area contributed by atoms with Crippen molar-refractivity contribution in [2.45, 2.75) is 23.6 Å². The number of ether oxygens (including phenoxy) is 4. The average molecular weight is 595 g/mol. The summed E-state index contributed by atoms with van der Waals surface area (Å²) >= 11 is 0. The van der Waals surface area contributed by atoms with Crippen LogP contribution in [0.4, 0.5) is 0 Å². The van der Waals surface area contributed by atoms with E-state index in [1.807, 2.05) is 13.8 Å². The summed E-state index contributed by atoms with van der Waals surface area (Å²) in [6, 6.07) is 19.8. The first kappa shape index (κ1) is 31.5. The van der Waals surface area contributed by atoms with Gasteiger partial charge in [0.15, 0.2) is 0 Å². The van der Waals surface area contributed by atoms with Crippen LogP contribution >= 0.6 is 0 Å². The van der Waals surface area contributed by atoms with Gasteiger partial charge in [-0.25, -0.2) is 0 Å². The van der Waals surface area contributed by atoms with Gasteiger partial charge in [-0.1, -0.05) is 35.4 Å². The van der Waals surface area contributed by atoms with Gasteiger partial charge in [-0.15, -0.1) is 0 Å². The molecule has 3 aromatic rings. The van der Waals surface area contributed by atoms with Crippen molar-refractivity contribution in [3.8, 4) is 11.5 Å². The van der Waals surface area contributed by atoms with Crippen LogP contribution < -0.4 is 9.47 Å². The van der Waals surface area contributed by atoms with E-state index in [-0.39, 0.29) is 62.6 Å². The zero-order valence-electron chi connectivity index (χ0n) is 22.5. The number of hydrogen-bond donors (Lipinski definition) is 0. The van der Waals surface area contributed by atoms with Gasteiger partial charge in [0.25, 0.3) is 20.2 Å². The van der Waals surface area contributed by atoms with Crippen LogP contribution in [-0.2, 0) is 38.1 Å². The van der Waals surface area contributed by atoms with Crippen LogP contribution in [0.2, 0.25) is 0 Å². The molecule has 3 rings (SSSR count). The van der Waals surface area contributed by atoms with Gasteiger partial charge in [0.2, 0.25) is 0 Å². The predicted octanol–water partition coefficient (Wildman–Crippen LogP) is 3.91. The standard InChI is InChI=1S/C28H34O10S2/c1-23-3-11-27(12-4-23)39(29,30)37-21-17-33-15-19-35-25-7-9-26(10-8-25)36-20-16-34-18-22-38-40(31,32)28-13-5-24(2)6-14-28/h3-14H,15-22H2,1-2H3. The number of rotatable bonds is 18. The summed E-state index contributed by atoms with van der Waals surface area (Å²) in [5, 5.41) is 0. The SMILES string of the molecule is Cc1ccc(S(=O)(=O)OCCOCCOc2ccc(OCCOCCOS(=O)(=O)c3ccc(C)cc3)cc2)cc1. The second-order valence-electron chi connectivity index (χ2n) is 8.57. The molecule has 0 unspecified atom stereocenters. The van der Waals surface area contributed by atoms with Gasteiger partial charge in [0.05, 0.1) is 49.4 Å². The molecule has 0 aliphatic rings. The lowest BCUT2D eigenvalue weighted by atomic mass is 10.2. The van der Waals surface area contributed by atoms with Gasteiger partial charge >= 0.3 is 0 Å². The van der Waals surface area contributed by atoms with Gasteiger partial charge in [0, 0.05) is 0 Å². The molecule has 0 radical (unpaired) electrons. The molecule has 0 spiro atoms. The third-order valence-electron chi connectivity index (χ3n) is 5.37. The topological polar surface area (TPSA) is 124 Å². The highest BCUT2D eigenvalue weighted by Crippen LogP contribution is 2.18. The second kappa shape index (κ2) is 15.7. The number of aryl methyl sites for hydroxylation is 2. The molecule has 0 heterocycles. The molecule has 0 fully saturated rings. The van der Waals surface area contributed by atoms with Crippen molar-refractivity contribution < 1.29 is 44.1 Å². The van der Waals surface area contributed by atoms with E-state index in [4.69, 9.17) is 27.3 Å². The number of benzene rings is 3. The molecule has 10 nitrogen and oxygen atoms in total. The van der Waals surface area contributed by atoms with E-state index < -0.39 is 20.2 Å². The van der Waals surface area contributed by atoms with E-state index in [1.54, 1.807) is 48.5 Å². The Labute approximate surface area is 236 Å². The summed E-state index contributed by atoms with van der Waals surface area (Å²) in [4.78, 5) is 0.219. The van der Waals surface area contributed by atoms with Crippen molar-refractivity contribution in [3.63, 3.8) is 0 Å². The quantitative estimate of drug-likeness (QED) is 0.158. The van der Waals surface area contributed by atoms with Crippen LogP contribution in [0.1, 0.15) is 11.1 Å². The monoisotopic (exact) mass is 594 g/mol. The van der Waals surface area contributed by atoms with Crippen LogP contribution in [0.3, 0.4) is 0 Å². The highest BCUT2D eigenvalue weighted by Gasteiger charge is 2.15. The van der Waals surface area contributed by atoms with Gasteiger partial charge in [0.1, 0.15) is 24.7 Å². The van der Waals surface area contributed by atoms with Gasteiger partial charge in [-0.3, -0.25) is 8.37 Å². The molecule has 218 valence electrons. The highest BCUT2D eigenvalue weighted by molar-refractivity contribution is 7.87.